The van der Waals surface area contributed by atoms with E-state index in [0.29, 0.717) is 6.04 Å². The van der Waals surface area contributed by atoms with E-state index >= 15 is 0 Å². The third kappa shape index (κ3) is 2.17. The van der Waals surface area contributed by atoms with Crippen molar-refractivity contribution in [2.24, 2.45) is 0 Å². The van der Waals surface area contributed by atoms with Gasteiger partial charge in [-0.1, -0.05) is 0 Å². The first kappa shape index (κ1) is 10.7. The Morgan fingerprint density at radius 2 is 2.24 bits per heavy atom. The molecule has 1 atom stereocenters. The summed E-state index contributed by atoms with van der Waals surface area (Å²) in [6.45, 7) is 1.95. The van der Waals surface area contributed by atoms with Gasteiger partial charge in [-0.15, -0.1) is 16.4 Å². The van der Waals surface area contributed by atoms with Crippen molar-refractivity contribution in [2.45, 2.75) is 32.2 Å². The molecule has 17 heavy (non-hydrogen) atoms. The zero-order valence-electron chi connectivity index (χ0n) is 9.81. The van der Waals surface area contributed by atoms with Crippen molar-refractivity contribution >= 4 is 17.2 Å². The molecule has 2 aromatic rings. The van der Waals surface area contributed by atoms with Crippen molar-refractivity contribution in [1.82, 2.24) is 10.2 Å². The maximum atomic E-state index is 4.17. The lowest BCUT2D eigenvalue weighted by molar-refractivity contribution is 0.606. The van der Waals surface area contributed by atoms with Crippen molar-refractivity contribution in [3.63, 3.8) is 0 Å². The van der Waals surface area contributed by atoms with E-state index in [1.54, 1.807) is 0 Å². The Bertz CT molecular complexity index is 504. The summed E-state index contributed by atoms with van der Waals surface area (Å²) in [7, 11) is 0. The molecule has 1 N–H and O–H groups in total. The van der Waals surface area contributed by atoms with E-state index in [2.05, 4.69) is 27.0 Å². The molecule has 88 valence electrons. The van der Waals surface area contributed by atoms with Gasteiger partial charge in [0.25, 0.3) is 0 Å². The molecule has 1 aliphatic rings. The molecule has 0 saturated carbocycles. The summed E-state index contributed by atoms with van der Waals surface area (Å²) in [5.74, 6) is 0.875. The third-order valence-electron chi connectivity index (χ3n) is 3.17. The Morgan fingerprint density at radius 3 is 3.06 bits per heavy atom. The molecular weight excluding hydrogens is 230 g/mol. The molecule has 2 heterocycles. The van der Waals surface area contributed by atoms with Gasteiger partial charge in [-0.05, 0) is 55.3 Å². The maximum absolute atomic E-state index is 4.17. The Kier molecular flexibility index (Phi) is 2.81. The highest BCUT2D eigenvalue weighted by Crippen LogP contribution is 2.34. The van der Waals surface area contributed by atoms with Crippen LogP contribution in [0.3, 0.4) is 0 Å². The summed E-state index contributed by atoms with van der Waals surface area (Å²) in [6.07, 6.45) is 3.66. The van der Waals surface area contributed by atoms with Gasteiger partial charge in [-0.2, -0.15) is 5.10 Å². The van der Waals surface area contributed by atoms with Crippen LogP contribution < -0.4 is 5.32 Å². The monoisotopic (exact) mass is 245 g/mol. The highest BCUT2D eigenvalue weighted by Gasteiger charge is 2.21. The summed E-state index contributed by atoms with van der Waals surface area (Å²) in [5.41, 5.74) is 2.40. The molecule has 0 spiro atoms. The maximum Gasteiger partial charge on any atom is 0.149 e. The van der Waals surface area contributed by atoms with Crippen LogP contribution in [0.15, 0.2) is 23.6 Å². The molecule has 3 nitrogen and oxygen atoms in total. The number of thiophene rings is 1. The van der Waals surface area contributed by atoms with Crippen molar-refractivity contribution in [2.75, 3.05) is 5.32 Å². The zero-order valence-corrected chi connectivity index (χ0v) is 10.6. The molecule has 0 fully saturated rings. The van der Waals surface area contributed by atoms with Crippen LogP contribution in [-0.2, 0) is 6.42 Å². The number of anilines is 1. The van der Waals surface area contributed by atoms with Gasteiger partial charge in [0.05, 0.1) is 11.7 Å². The average molecular weight is 245 g/mol. The molecule has 3 rings (SSSR count). The molecular formula is C13H15N3S. The summed E-state index contributed by atoms with van der Waals surface area (Å²) in [6, 6.07) is 6.63. The van der Waals surface area contributed by atoms with Gasteiger partial charge in [-0.25, -0.2) is 0 Å². The van der Waals surface area contributed by atoms with Crippen molar-refractivity contribution in [1.29, 1.82) is 0 Å². The van der Waals surface area contributed by atoms with Crippen LogP contribution in [0.4, 0.5) is 5.82 Å². The van der Waals surface area contributed by atoms with Crippen molar-refractivity contribution in [3.8, 4) is 0 Å². The van der Waals surface area contributed by atoms with Crippen LogP contribution in [-0.4, -0.2) is 10.2 Å². The summed E-state index contributed by atoms with van der Waals surface area (Å²) >= 11 is 1.87. The van der Waals surface area contributed by atoms with E-state index in [1.807, 2.05) is 30.4 Å². The first-order chi connectivity index (χ1) is 8.33. The second kappa shape index (κ2) is 4.45. The predicted molar refractivity (Wildman–Crippen MR) is 70.4 cm³/mol. The molecule has 2 aromatic heterocycles. The molecule has 0 aromatic carbocycles. The summed E-state index contributed by atoms with van der Waals surface area (Å²) < 4.78 is 0. The third-order valence-corrected chi connectivity index (χ3v) is 4.17. The lowest BCUT2D eigenvalue weighted by Gasteiger charge is -2.23. The Labute approximate surface area is 105 Å². The van der Waals surface area contributed by atoms with E-state index in [9.17, 15) is 0 Å². The largest absolute Gasteiger partial charge is 0.362 e. The Hall–Kier alpha value is -1.42. The lowest BCUT2D eigenvalue weighted by Crippen LogP contribution is -2.16. The second-order valence-electron chi connectivity index (χ2n) is 4.45. The molecule has 0 aliphatic heterocycles. The molecule has 0 radical (unpaired) electrons. The number of nitrogens with one attached hydrogen (secondary N) is 1. The van der Waals surface area contributed by atoms with Crippen LogP contribution in [0.5, 0.6) is 0 Å². The number of aryl methyl sites for hydroxylation is 2. The first-order valence-electron chi connectivity index (χ1n) is 5.96. The molecule has 0 bridgehead atoms. The quantitative estimate of drug-likeness (QED) is 0.881. The minimum absolute atomic E-state index is 0.405. The van der Waals surface area contributed by atoms with Gasteiger partial charge >= 0.3 is 0 Å². The number of nitrogens with zero attached hydrogens (tertiary/aromatic N) is 2. The highest BCUT2D eigenvalue weighted by atomic mass is 32.1. The smallest absolute Gasteiger partial charge is 0.149 e. The van der Waals surface area contributed by atoms with Crippen LogP contribution in [0.25, 0.3) is 0 Å². The van der Waals surface area contributed by atoms with Crippen LogP contribution in [0, 0.1) is 6.92 Å². The van der Waals surface area contributed by atoms with Gasteiger partial charge in [0.2, 0.25) is 0 Å². The van der Waals surface area contributed by atoms with Gasteiger partial charge in [0.1, 0.15) is 5.82 Å². The van der Waals surface area contributed by atoms with E-state index in [1.165, 1.54) is 29.7 Å². The number of hydrogen-bond acceptors (Lipinski definition) is 4. The number of hydrogen-bond donors (Lipinski definition) is 1. The van der Waals surface area contributed by atoms with Gasteiger partial charge in [0.15, 0.2) is 0 Å². The number of fused-ring (bicyclic) bond motifs is 1. The molecule has 0 saturated heterocycles. The van der Waals surface area contributed by atoms with Crippen molar-refractivity contribution in [3.05, 3.63) is 39.7 Å². The minimum Gasteiger partial charge on any atom is -0.362 e. The van der Waals surface area contributed by atoms with Crippen molar-refractivity contribution < 1.29 is 0 Å². The number of aromatic nitrogens is 2. The molecule has 1 aliphatic carbocycles. The number of rotatable bonds is 2. The van der Waals surface area contributed by atoms with E-state index in [-0.39, 0.29) is 0 Å². The standard InChI is InChI=1S/C13H15N3S/c1-9-5-6-13(16-15-9)14-11-3-2-4-12-10(11)7-8-17-12/h5-8,11H,2-4H2,1H3,(H,14,16). The first-order valence-corrected chi connectivity index (χ1v) is 6.84. The fourth-order valence-electron chi connectivity index (χ4n) is 2.29. The SMILES string of the molecule is Cc1ccc(NC2CCCc3sccc32)nn1. The van der Waals surface area contributed by atoms with E-state index in [0.717, 1.165) is 11.5 Å². The topological polar surface area (TPSA) is 37.8 Å². The van der Waals surface area contributed by atoms with Gasteiger partial charge in [-0.3, -0.25) is 0 Å². The fourth-order valence-corrected chi connectivity index (χ4v) is 3.28. The summed E-state index contributed by atoms with van der Waals surface area (Å²) in [5, 5.41) is 13.9. The van der Waals surface area contributed by atoms with Gasteiger partial charge in [0, 0.05) is 4.88 Å². The van der Waals surface area contributed by atoms with Crippen LogP contribution >= 0.6 is 11.3 Å². The Morgan fingerprint density at radius 1 is 1.29 bits per heavy atom. The van der Waals surface area contributed by atoms with E-state index in [4.69, 9.17) is 0 Å². The average Bonchev–Trinajstić information content (AvgIpc) is 2.81. The summed E-state index contributed by atoms with van der Waals surface area (Å²) in [4.78, 5) is 1.52. The fraction of sp³-hybridized carbons (Fsp3) is 0.385. The van der Waals surface area contributed by atoms with Crippen LogP contribution in [0.2, 0.25) is 0 Å². The second-order valence-corrected chi connectivity index (χ2v) is 5.45. The molecule has 4 heteroatoms. The normalized spacial score (nSPS) is 18.8. The Balaban J connectivity index is 1.81. The highest BCUT2D eigenvalue weighted by molar-refractivity contribution is 7.10. The molecule has 0 amide bonds. The minimum atomic E-state index is 0.405. The van der Waals surface area contributed by atoms with E-state index < -0.39 is 0 Å². The lowest BCUT2D eigenvalue weighted by atomic mass is 9.94. The predicted octanol–water partition coefficient (Wildman–Crippen LogP) is 3.34. The zero-order chi connectivity index (χ0) is 11.7. The van der Waals surface area contributed by atoms with Crippen LogP contribution in [0.1, 0.15) is 35.0 Å². The molecule has 1 unspecified atom stereocenters. The van der Waals surface area contributed by atoms with Gasteiger partial charge < -0.3 is 5.32 Å².